The van der Waals surface area contributed by atoms with Gasteiger partial charge in [-0.15, -0.1) is 0 Å². The van der Waals surface area contributed by atoms with Gasteiger partial charge in [-0.25, -0.2) is 0 Å². The molecule has 164 valence electrons. The SMILES string of the molecule is Cc1cccc(C(=O)NC(C)C(=O)N2CCN(C(=O)CCCc3ccccc3)CC2)c1. The molecule has 6 nitrogen and oxygen atoms in total. The molecule has 0 saturated carbocycles. The Morgan fingerprint density at radius 2 is 1.61 bits per heavy atom. The summed E-state index contributed by atoms with van der Waals surface area (Å²) >= 11 is 0. The van der Waals surface area contributed by atoms with Gasteiger partial charge >= 0.3 is 0 Å². The Labute approximate surface area is 184 Å². The van der Waals surface area contributed by atoms with E-state index in [-0.39, 0.29) is 17.7 Å². The number of hydrogen-bond donors (Lipinski definition) is 1. The van der Waals surface area contributed by atoms with Crippen molar-refractivity contribution in [3.8, 4) is 0 Å². The van der Waals surface area contributed by atoms with Gasteiger partial charge in [-0.05, 0) is 44.4 Å². The summed E-state index contributed by atoms with van der Waals surface area (Å²) in [6.45, 7) is 5.69. The Bertz CT molecular complexity index is 905. The molecule has 1 atom stereocenters. The van der Waals surface area contributed by atoms with Gasteiger partial charge in [-0.1, -0.05) is 48.0 Å². The van der Waals surface area contributed by atoms with Crippen LogP contribution in [0.4, 0.5) is 0 Å². The van der Waals surface area contributed by atoms with Crippen LogP contribution in [0.5, 0.6) is 0 Å². The molecule has 2 aromatic rings. The zero-order valence-electron chi connectivity index (χ0n) is 18.3. The van der Waals surface area contributed by atoms with Gasteiger partial charge in [0.25, 0.3) is 5.91 Å². The van der Waals surface area contributed by atoms with Crippen molar-refractivity contribution in [1.29, 1.82) is 0 Å². The number of aryl methyl sites for hydroxylation is 2. The Balaban J connectivity index is 1.41. The molecule has 1 unspecified atom stereocenters. The summed E-state index contributed by atoms with van der Waals surface area (Å²) in [5, 5.41) is 2.79. The average molecular weight is 422 g/mol. The molecular weight excluding hydrogens is 390 g/mol. The number of benzene rings is 2. The van der Waals surface area contributed by atoms with E-state index in [2.05, 4.69) is 17.4 Å². The first kappa shape index (κ1) is 22.5. The molecule has 0 aliphatic carbocycles. The summed E-state index contributed by atoms with van der Waals surface area (Å²) in [7, 11) is 0. The maximum Gasteiger partial charge on any atom is 0.251 e. The van der Waals surface area contributed by atoms with E-state index < -0.39 is 6.04 Å². The van der Waals surface area contributed by atoms with E-state index in [4.69, 9.17) is 0 Å². The fourth-order valence-electron chi connectivity index (χ4n) is 3.82. The van der Waals surface area contributed by atoms with Crippen LogP contribution in [0.2, 0.25) is 0 Å². The molecule has 1 fully saturated rings. The Kier molecular flexibility index (Phi) is 7.82. The molecule has 1 aliphatic rings. The fourth-order valence-corrected chi connectivity index (χ4v) is 3.82. The number of nitrogens with zero attached hydrogens (tertiary/aromatic N) is 2. The standard InChI is InChI=1S/C25H31N3O3/c1-19-8-6-12-22(18-19)24(30)26-20(2)25(31)28-16-14-27(15-17-28)23(29)13-7-11-21-9-4-3-5-10-21/h3-6,8-10,12,18,20H,7,11,13-17H2,1-2H3,(H,26,30). The number of hydrogen-bond acceptors (Lipinski definition) is 3. The molecule has 6 heteroatoms. The lowest BCUT2D eigenvalue weighted by atomic mass is 10.1. The van der Waals surface area contributed by atoms with Gasteiger partial charge in [-0.2, -0.15) is 0 Å². The van der Waals surface area contributed by atoms with Crippen molar-refractivity contribution in [2.24, 2.45) is 0 Å². The van der Waals surface area contributed by atoms with Gasteiger partial charge in [0.1, 0.15) is 6.04 Å². The molecule has 1 N–H and O–H groups in total. The van der Waals surface area contributed by atoms with Crippen LogP contribution in [0.1, 0.15) is 41.3 Å². The van der Waals surface area contributed by atoms with E-state index in [1.165, 1.54) is 5.56 Å². The van der Waals surface area contributed by atoms with Crippen LogP contribution in [-0.4, -0.2) is 59.7 Å². The molecule has 0 bridgehead atoms. The van der Waals surface area contributed by atoms with Crippen molar-refractivity contribution in [1.82, 2.24) is 15.1 Å². The van der Waals surface area contributed by atoms with Crippen molar-refractivity contribution >= 4 is 17.7 Å². The number of amides is 3. The van der Waals surface area contributed by atoms with E-state index in [1.54, 1.807) is 24.0 Å². The smallest absolute Gasteiger partial charge is 0.251 e. The highest BCUT2D eigenvalue weighted by molar-refractivity contribution is 5.97. The average Bonchev–Trinajstić information content (AvgIpc) is 2.79. The number of rotatable bonds is 7. The van der Waals surface area contributed by atoms with Crippen molar-refractivity contribution in [3.63, 3.8) is 0 Å². The van der Waals surface area contributed by atoms with E-state index in [1.807, 2.05) is 42.2 Å². The highest BCUT2D eigenvalue weighted by atomic mass is 16.2. The number of carbonyl (C=O) groups excluding carboxylic acids is 3. The zero-order chi connectivity index (χ0) is 22.2. The number of piperazine rings is 1. The molecule has 1 aliphatic heterocycles. The zero-order valence-corrected chi connectivity index (χ0v) is 18.3. The second kappa shape index (κ2) is 10.8. The molecule has 0 spiro atoms. The second-order valence-corrected chi connectivity index (χ2v) is 8.11. The molecule has 1 heterocycles. The highest BCUT2D eigenvalue weighted by Crippen LogP contribution is 2.10. The lowest BCUT2D eigenvalue weighted by Gasteiger charge is -2.36. The molecule has 3 rings (SSSR count). The Morgan fingerprint density at radius 3 is 2.29 bits per heavy atom. The van der Waals surface area contributed by atoms with E-state index in [0.717, 1.165) is 18.4 Å². The van der Waals surface area contributed by atoms with Crippen molar-refractivity contribution < 1.29 is 14.4 Å². The summed E-state index contributed by atoms with van der Waals surface area (Å²) in [6, 6.07) is 16.8. The molecule has 2 aromatic carbocycles. The largest absolute Gasteiger partial charge is 0.341 e. The molecule has 31 heavy (non-hydrogen) atoms. The van der Waals surface area contributed by atoms with Crippen LogP contribution >= 0.6 is 0 Å². The van der Waals surface area contributed by atoms with E-state index in [0.29, 0.717) is 38.2 Å². The van der Waals surface area contributed by atoms with Crippen LogP contribution in [0, 0.1) is 6.92 Å². The van der Waals surface area contributed by atoms with Crippen LogP contribution in [-0.2, 0) is 16.0 Å². The number of carbonyl (C=O) groups is 3. The first-order valence-corrected chi connectivity index (χ1v) is 10.9. The third kappa shape index (κ3) is 6.41. The van der Waals surface area contributed by atoms with Crippen molar-refractivity contribution in [3.05, 3.63) is 71.3 Å². The monoisotopic (exact) mass is 421 g/mol. The van der Waals surface area contributed by atoms with Crippen molar-refractivity contribution in [2.75, 3.05) is 26.2 Å². The molecule has 0 radical (unpaired) electrons. The topological polar surface area (TPSA) is 69.7 Å². The molecular formula is C25H31N3O3. The van der Waals surface area contributed by atoms with Crippen molar-refractivity contribution in [2.45, 2.75) is 39.2 Å². The first-order chi connectivity index (χ1) is 14.9. The summed E-state index contributed by atoms with van der Waals surface area (Å²) in [4.78, 5) is 41.2. The fraction of sp³-hybridized carbons (Fsp3) is 0.400. The lowest BCUT2D eigenvalue weighted by Crippen LogP contribution is -2.55. The Morgan fingerprint density at radius 1 is 0.935 bits per heavy atom. The summed E-state index contributed by atoms with van der Waals surface area (Å²) in [5.74, 6) is -0.224. The normalized spacial score (nSPS) is 14.8. The third-order valence-corrected chi connectivity index (χ3v) is 5.64. The Hall–Kier alpha value is -3.15. The lowest BCUT2D eigenvalue weighted by molar-refractivity contribution is -0.140. The third-order valence-electron chi connectivity index (χ3n) is 5.64. The van der Waals surface area contributed by atoms with Crippen LogP contribution in [0.25, 0.3) is 0 Å². The van der Waals surface area contributed by atoms with Gasteiger partial charge in [0.15, 0.2) is 0 Å². The quantitative estimate of drug-likeness (QED) is 0.747. The molecule has 1 saturated heterocycles. The summed E-state index contributed by atoms with van der Waals surface area (Å²) < 4.78 is 0. The second-order valence-electron chi connectivity index (χ2n) is 8.11. The predicted molar refractivity (Wildman–Crippen MR) is 121 cm³/mol. The minimum atomic E-state index is -0.610. The predicted octanol–water partition coefficient (Wildman–Crippen LogP) is 2.81. The highest BCUT2D eigenvalue weighted by Gasteiger charge is 2.27. The van der Waals surface area contributed by atoms with Gasteiger partial charge in [0, 0.05) is 38.2 Å². The first-order valence-electron chi connectivity index (χ1n) is 10.9. The molecule has 3 amide bonds. The van der Waals surface area contributed by atoms with Gasteiger partial charge in [0.05, 0.1) is 0 Å². The van der Waals surface area contributed by atoms with E-state index in [9.17, 15) is 14.4 Å². The summed E-state index contributed by atoms with van der Waals surface area (Å²) in [5.41, 5.74) is 2.79. The van der Waals surface area contributed by atoms with Gasteiger partial charge < -0.3 is 15.1 Å². The maximum absolute atomic E-state index is 12.7. The van der Waals surface area contributed by atoms with Gasteiger partial charge in [-0.3, -0.25) is 14.4 Å². The van der Waals surface area contributed by atoms with Crippen LogP contribution < -0.4 is 5.32 Å². The summed E-state index contributed by atoms with van der Waals surface area (Å²) in [6.07, 6.45) is 2.24. The van der Waals surface area contributed by atoms with Crippen LogP contribution in [0.15, 0.2) is 54.6 Å². The minimum absolute atomic E-state index is 0.114. The number of nitrogens with one attached hydrogen (secondary N) is 1. The van der Waals surface area contributed by atoms with Crippen LogP contribution in [0.3, 0.4) is 0 Å². The maximum atomic E-state index is 12.7. The minimum Gasteiger partial charge on any atom is -0.341 e. The molecule has 0 aromatic heterocycles. The van der Waals surface area contributed by atoms with Gasteiger partial charge in [0.2, 0.25) is 11.8 Å². The van der Waals surface area contributed by atoms with E-state index >= 15 is 0 Å².